The van der Waals surface area contributed by atoms with E-state index in [2.05, 4.69) is 43.1 Å². The second-order valence-corrected chi connectivity index (χ2v) is 6.11. The highest BCUT2D eigenvalue weighted by Gasteiger charge is 2.39. The summed E-state index contributed by atoms with van der Waals surface area (Å²) >= 11 is 0. The molecular formula is C17H22N2. The van der Waals surface area contributed by atoms with Gasteiger partial charge >= 0.3 is 0 Å². The van der Waals surface area contributed by atoms with Crippen molar-refractivity contribution in [3.63, 3.8) is 0 Å². The van der Waals surface area contributed by atoms with Crippen LogP contribution in [0, 0.1) is 11.8 Å². The second kappa shape index (κ2) is 4.61. The number of rotatable bonds is 1. The summed E-state index contributed by atoms with van der Waals surface area (Å²) in [4.78, 5) is 4.46. The first-order valence-electron chi connectivity index (χ1n) is 7.25. The number of aromatic nitrogens is 1. The van der Waals surface area contributed by atoms with Crippen LogP contribution < -0.4 is 5.73 Å². The first-order chi connectivity index (χ1) is 9.11. The van der Waals surface area contributed by atoms with Crippen molar-refractivity contribution in [1.82, 2.24) is 4.98 Å². The van der Waals surface area contributed by atoms with Crippen LogP contribution in [-0.2, 0) is 5.54 Å². The highest BCUT2D eigenvalue weighted by Crippen LogP contribution is 2.42. The molecule has 100 valence electrons. The highest BCUT2D eigenvalue weighted by atomic mass is 14.8. The van der Waals surface area contributed by atoms with Gasteiger partial charge in [-0.1, -0.05) is 44.9 Å². The maximum absolute atomic E-state index is 6.78. The molecule has 19 heavy (non-hydrogen) atoms. The fourth-order valence-electron chi connectivity index (χ4n) is 3.47. The summed E-state index contributed by atoms with van der Waals surface area (Å²) in [6.07, 6.45) is 5.45. The molecule has 0 aliphatic heterocycles. The minimum absolute atomic E-state index is 0.191. The second-order valence-electron chi connectivity index (χ2n) is 6.11. The average Bonchev–Trinajstić information content (AvgIpc) is 2.44. The summed E-state index contributed by atoms with van der Waals surface area (Å²) in [6.45, 7) is 4.62. The average molecular weight is 254 g/mol. The van der Waals surface area contributed by atoms with Crippen LogP contribution in [0.25, 0.3) is 10.9 Å². The molecule has 2 aromatic rings. The van der Waals surface area contributed by atoms with E-state index in [1.165, 1.54) is 23.8 Å². The predicted octanol–water partition coefficient (Wildman–Crippen LogP) is 3.84. The normalized spacial score (nSPS) is 31.5. The van der Waals surface area contributed by atoms with Crippen LogP contribution in [0.3, 0.4) is 0 Å². The molecule has 1 aromatic carbocycles. The fourth-order valence-corrected chi connectivity index (χ4v) is 3.47. The number of nitrogens with zero attached hydrogens (tertiary/aromatic N) is 1. The topological polar surface area (TPSA) is 38.9 Å². The van der Waals surface area contributed by atoms with E-state index >= 15 is 0 Å². The van der Waals surface area contributed by atoms with Crippen molar-refractivity contribution in [3.05, 3.63) is 42.1 Å². The third-order valence-corrected chi connectivity index (χ3v) is 5.06. The standard InChI is InChI=1S/C17H22N2/c1-12-5-3-9-17(18,13(12)2)15-8-7-14-6-4-10-19-16(14)11-15/h4,6-8,10-13H,3,5,9,18H2,1-2H3. The Labute approximate surface area is 115 Å². The molecule has 1 heterocycles. The highest BCUT2D eigenvalue weighted by molar-refractivity contribution is 5.79. The maximum Gasteiger partial charge on any atom is 0.0705 e. The van der Waals surface area contributed by atoms with Gasteiger partial charge in [0.2, 0.25) is 0 Å². The van der Waals surface area contributed by atoms with E-state index in [0.29, 0.717) is 11.8 Å². The Morgan fingerprint density at radius 2 is 2.11 bits per heavy atom. The summed E-state index contributed by atoms with van der Waals surface area (Å²) in [7, 11) is 0. The Hall–Kier alpha value is -1.41. The van der Waals surface area contributed by atoms with Gasteiger partial charge in [-0.3, -0.25) is 4.98 Å². The van der Waals surface area contributed by atoms with Crippen LogP contribution in [0.1, 0.15) is 38.7 Å². The lowest BCUT2D eigenvalue weighted by molar-refractivity contribution is 0.144. The van der Waals surface area contributed by atoms with Crippen LogP contribution in [0.2, 0.25) is 0 Å². The lowest BCUT2D eigenvalue weighted by atomic mass is 9.66. The molecule has 3 atom stereocenters. The van der Waals surface area contributed by atoms with Crippen molar-refractivity contribution in [2.24, 2.45) is 17.6 Å². The molecule has 0 saturated heterocycles. The largest absolute Gasteiger partial charge is 0.321 e. The van der Waals surface area contributed by atoms with Gasteiger partial charge < -0.3 is 5.73 Å². The van der Waals surface area contributed by atoms with Gasteiger partial charge in [0.15, 0.2) is 0 Å². The third kappa shape index (κ3) is 2.04. The van der Waals surface area contributed by atoms with E-state index in [-0.39, 0.29) is 5.54 Å². The number of nitrogens with two attached hydrogens (primary N) is 1. The summed E-state index contributed by atoms with van der Waals surface area (Å²) in [5, 5.41) is 1.19. The summed E-state index contributed by atoms with van der Waals surface area (Å²) in [6, 6.07) is 10.6. The Bertz CT molecular complexity index is 593. The molecule has 2 N–H and O–H groups in total. The van der Waals surface area contributed by atoms with Gasteiger partial charge in [-0.25, -0.2) is 0 Å². The zero-order valence-electron chi connectivity index (χ0n) is 11.8. The van der Waals surface area contributed by atoms with Gasteiger partial charge in [0.05, 0.1) is 5.52 Å². The number of pyridine rings is 1. The van der Waals surface area contributed by atoms with Gasteiger partial charge in [0.25, 0.3) is 0 Å². The minimum atomic E-state index is -0.191. The van der Waals surface area contributed by atoms with Gasteiger partial charge in [-0.15, -0.1) is 0 Å². The van der Waals surface area contributed by atoms with Crippen molar-refractivity contribution < 1.29 is 0 Å². The number of hydrogen-bond acceptors (Lipinski definition) is 2. The molecule has 0 spiro atoms. The Balaban J connectivity index is 2.07. The molecular weight excluding hydrogens is 232 g/mol. The van der Waals surface area contributed by atoms with Gasteiger partial charge in [0, 0.05) is 17.1 Å². The van der Waals surface area contributed by atoms with E-state index in [0.717, 1.165) is 11.9 Å². The van der Waals surface area contributed by atoms with Gasteiger partial charge in [-0.2, -0.15) is 0 Å². The van der Waals surface area contributed by atoms with Crippen LogP contribution in [-0.4, -0.2) is 4.98 Å². The molecule has 3 rings (SSSR count). The summed E-state index contributed by atoms with van der Waals surface area (Å²) in [5.74, 6) is 1.21. The Kier molecular flexibility index (Phi) is 3.06. The minimum Gasteiger partial charge on any atom is -0.321 e. The molecule has 1 fully saturated rings. The Morgan fingerprint density at radius 1 is 1.26 bits per heavy atom. The number of hydrogen-bond donors (Lipinski definition) is 1. The van der Waals surface area contributed by atoms with Crippen LogP contribution >= 0.6 is 0 Å². The quantitative estimate of drug-likeness (QED) is 0.839. The molecule has 0 radical (unpaired) electrons. The van der Waals surface area contributed by atoms with Crippen molar-refractivity contribution in [2.45, 2.75) is 38.6 Å². The van der Waals surface area contributed by atoms with Crippen LogP contribution in [0.15, 0.2) is 36.5 Å². The first kappa shape index (κ1) is 12.6. The zero-order chi connectivity index (χ0) is 13.5. The molecule has 2 heteroatoms. The monoisotopic (exact) mass is 254 g/mol. The van der Waals surface area contributed by atoms with Crippen molar-refractivity contribution in [2.75, 3.05) is 0 Å². The molecule has 1 aliphatic rings. The molecule has 0 bridgehead atoms. The number of fused-ring (bicyclic) bond motifs is 1. The molecule has 3 unspecified atom stereocenters. The maximum atomic E-state index is 6.78. The van der Waals surface area contributed by atoms with Crippen molar-refractivity contribution in [1.29, 1.82) is 0 Å². The van der Waals surface area contributed by atoms with Gasteiger partial charge in [0.1, 0.15) is 0 Å². The Morgan fingerprint density at radius 3 is 2.95 bits per heavy atom. The number of benzene rings is 1. The molecule has 1 aliphatic carbocycles. The SMILES string of the molecule is CC1CCCC(N)(c2ccc3cccnc3c2)C1C. The van der Waals surface area contributed by atoms with E-state index in [1.807, 2.05) is 12.3 Å². The van der Waals surface area contributed by atoms with Crippen LogP contribution in [0.5, 0.6) is 0 Å². The summed E-state index contributed by atoms with van der Waals surface area (Å²) in [5.41, 5.74) is 8.89. The van der Waals surface area contributed by atoms with Crippen LogP contribution in [0.4, 0.5) is 0 Å². The molecule has 0 amide bonds. The van der Waals surface area contributed by atoms with E-state index in [1.54, 1.807) is 0 Å². The lowest BCUT2D eigenvalue weighted by Gasteiger charge is -2.43. The van der Waals surface area contributed by atoms with Crippen molar-refractivity contribution >= 4 is 10.9 Å². The van der Waals surface area contributed by atoms with Crippen molar-refractivity contribution in [3.8, 4) is 0 Å². The van der Waals surface area contributed by atoms with E-state index in [9.17, 15) is 0 Å². The smallest absolute Gasteiger partial charge is 0.0705 e. The predicted molar refractivity (Wildman–Crippen MR) is 79.8 cm³/mol. The summed E-state index contributed by atoms with van der Waals surface area (Å²) < 4.78 is 0. The van der Waals surface area contributed by atoms with Gasteiger partial charge in [-0.05, 0) is 36.0 Å². The first-order valence-corrected chi connectivity index (χ1v) is 7.25. The lowest BCUT2D eigenvalue weighted by Crippen LogP contribution is -2.48. The van der Waals surface area contributed by atoms with E-state index in [4.69, 9.17) is 5.73 Å². The molecule has 2 nitrogen and oxygen atoms in total. The molecule has 1 saturated carbocycles. The third-order valence-electron chi connectivity index (χ3n) is 5.06. The fraction of sp³-hybridized carbons (Fsp3) is 0.471. The zero-order valence-corrected chi connectivity index (χ0v) is 11.8. The van der Waals surface area contributed by atoms with E-state index < -0.39 is 0 Å². The molecule has 1 aromatic heterocycles.